The summed E-state index contributed by atoms with van der Waals surface area (Å²) in [5, 5.41) is 7.48. The van der Waals surface area contributed by atoms with E-state index in [4.69, 9.17) is 4.52 Å². The number of benzene rings is 1. The second-order valence-corrected chi connectivity index (χ2v) is 5.59. The molecule has 0 saturated carbocycles. The molecule has 1 N–H and O–H groups in total. The predicted molar refractivity (Wildman–Crippen MR) is 82.7 cm³/mol. The van der Waals surface area contributed by atoms with Crippen molar-refractivity contribution in [3.05, 3.63) is 46.0 Å². The third-order valence-electron chi connectivity index (χ3n) is 3.22. The maximum atomic E-state index is 5.34. The monoisotopic (exact) mass is 337 g/mol. The van der Waals surface area contributed by atoms with Crippen LogP contribution < -0.4 is 5.32 Å². The van der Waals surface area contributed by atoms with Crippen LogP contribution in [0.25, 0.3) is 0 Å². The fourth-order valence-electron chi connectivity index (χ4n) is 2.12. The molecule has 1 aromatic heterocycles. The van der Waals surface area contributed by atoms with Crippen LogP contribution in [0.1, 0.15) is 37.5 Å². The highest BCUT2D eigenvalue weighted by Gasteiger charge is 2.13. The molecule has 1 aromatic carbocycles. The largest absolute Gasteiger partial charge is 0.339 e. The Balaban J connectivity index is 2.00. The van der Waals surface area contributed by atoms with Crippen molar-refractivity contribution >= 4 is 15.9 Å². The van der Waals surface area contributed by atoms with Gasteiger partial charge in [0.2, 0.25) is 5.89 Å². The number of nitrogens with zero attached hydrogens (tertiary/aromatic N) is 2. The first-order valence-corrected chi connectivity index (χ1v) is 7.80. The summed E-state index contributed by atoms with van der Waals surface area (Å²) in [5.74, 6) is 1.44. The summed E-state index contributed by atoms with van der Waals surface area (Å²) in [6.07, 6.45) is 2.52. The molecule has 0 bridgehead atoms. The number of aromatic nitrogens is 2. The topological polar surface area (TPSA) is 51.0 Å². The Morgan fingerprint density at radius 2 is 2.10 bits per heavy atom. The molecule has 0 aliphatic carbocycles. The zero-order valence-electron chi connectivity index (χ0n) is 11.9. The fraction of sp³-hybridized carbons (Fsp3) is 0.467. The normalized spacial score (nSPS) is 12.6. The Morgan fingerprint density at radius 1 is 1.30 bits per heavy atom. The summed E-state index contributed by atoms with van der Waals surface area (Å²) >= 11 is 3.54. The van der Waals surface area contributed by atoms with Crippen LogP contribution in [0, 0.1) is 0 Å². The van der Waals surface area contributed by atoms with Crippen molar-refractivity contribution in [1.29, 1.82) is 0 Å². The van der Waals surface area contributed by atoms with Crippen molar-refractivity contribution in [2.24, 2.45) is 0 Å². The summed E-state index contributed by atoms with van der Waals surface area (Å²) in [6, 6.07) is 8.50. The summed E-state index contributed by atoms with van der Waals surface area (Å²) in [4.78, 5) is 4.48. The van der Waals surface area contributed by atoms with E-state index in [9.17, 15) is 0 Å². The molecule has 0 radical (unpaired) electrons. The van der Waals surface area contributed by atoms with Gasteiger partial charge in [0, 0.05) is 23.4 Å². The second-order valence-electron chi connectivity index (χ2n) is 4.74. The van der Waals surface area contributed by atoms with Crippen molar-refractivity contribution in [3.8, 4) is 0 Å². The van der Waals surface area contributed by atoms with Gasteiger partial charge in [-0.3, -0.25) is 0 Å². The van der Waals surface area contributed by atoms with Gasteiger partial charge in [0.05, 0.1) is 0 Å². The molecule has 20 heavy (non-hydrogen) atoms. The molecule has 1 atom stereocenters. The van der Waals surface area contributed by atoms with Gasteiger partial charge in [-0.25, -0.2) is 0 Å². The van der Waals surface area contributed by atoms with Crippen molar-refractivity contribution in [3.63, 3.8) is 0 Å². The Labute approximate surface area is 128 Å². The van der Waals surface area contributed by atoms with Crippen LogP contribution in [0.3, 0.4) is 0 Å². The first-order chi connectivity index (χ1) is 9.72. The SMILES string of the molecule is CCNC(CC)Cc1nc(Cc2ccccc2Br)no1. The molecule has 108 valence electrons. The first-order valence-electron chi connectivity index (χ1n) is 7.01. The zero-order chi connectivity index (χ0) is 14.4. The van der Waals surface area contributed by atoms with Gasteiger partial charge in [0.1, 0.15) is 0 Å². The zero-order valence-corrected chi connectivity index (χ0v) is 13.5. The molecule has 0 fully saturated rings. The van der Waals surface area contributed by atoms with Crippen molar-refractivity contribution in [2.75, 3.05) is 6.54 Å². The van der Waals surface area contributed by atoms with E-state index < -0.39 is 0 Å². The molecule has 2 rings (SSSR count). The molecule has 1 heterocycles. The smallest absolute Gasteiger partial charge is 0.228 e. The molecule has 1 unspecified atom stereocenters. The highest BCUT2D eigenvalue weighted by molar-refractivity contribution is 9.10. The fourth-order valence-corrected chi connectivity index (χ4v) is 2.54. The van der Waals surface area contributed by atoms with E-state index in [1.54, 1.807) is 0 Å². The lowest BCUT2D eigenvalue weighted by molar-refractivity contribution is 0.352. The van der Waals surface area contributed by atoms with Crippen LogP contribution in [0.5, 0.6) is 0 Å². The van der Waals surface area contributed by atoms with Crippen LogP contribution >= 0.6 is 15.9 Å². The molecule has 0 saturated heterocycles. The lowest BCUT2D eigenvalue weighted by Crippen LogP contribution is -2.30. The molecule has 0 aliphatic heterocycles. The summed E-state index contributed by atoms with van der Waals surface area (Å²) in [5.41, 5.74) is 1.17. The van der Waals surface area contributed by atoms with E-state index in [1.807, 2.05) is 18.2 Å². The van der Waals surface area contributed by atoms with E-state index in [2.05, 4.69) is 51.3 Å². The molecular weight excluding hydrogens is 318 g/mol. The summed E-state index contributed by atoms with van der Waals surface area (Å²) in [6.45, 7) is 5.22. The van der Waals surface area contributed by atoms with E-state index in [0.717, 1.165) is 29.7 Å². The van der Waals surface area contributed by atoms with Gasteiger partial charge in [0.15, 0.2) is 5.82 Å². The van der Waals surface area contributed by atoms with Gasteiger partial charge in [-0.05, 0) is 24.6 Å². The minimum absolute atomic E-state index is 0.400. The number of likely N-dealkylation sites (N-methyl/N-ethyl adjacent to an activating group) is 1. The third kappa shape index (κ3) is 4.15. The number of rotatable bonds is 7. The van der Waals surface area contributed by atoms with Crippen LogP contribution in [0.15, 0.2) is 33.3 Å². The maximum Gasteiger partial charge on any atom is 0.228 e. The van der Waals surface area contributed by atoms with Crippen molar-refractivity contribution in [2.45, 2.75) is 39.2 Å². The van der Waals surface area contributed by atoms with Gasteiger partial charge < -0.3 is 9.84 Å². The van der Waals surface area contributed by atoms with Gasteiger partial charge in [-0.2, -0.15) is 4.98 Å². The molecule has 5 heteroatoms. The average molecular weight is 338 g/mol. The number of hydrogen-bond acceptors (Lipinski definition) is 4. The maximum absolute atomic E-state index is 5.34. The third-order valence-corrected chi connectivity index (χ3v) is 4.00. The van der Waals surface area contributed by atoms with Gasteiger partial charge in [-0.15, -0.1) is 0 Å². The van der Waals surface area contributed by atoms with Gasteiger partial charge in [-0.1, -0.05) is 53.1 Å². The minimum atomic E-state index is 0.400. The Kier molecular flexibility index (Phi) is 5.73. The first kappa shape index (κ1) is 15.2. The summed E-state index contributed by atoms with van der Waals surface area (Å²) in [7, 11) is 0. The van der Waals surface area contributed by atoms with E-state index >= 15 is 0 Å². The highest BCUT2D eigenvalue weighted by Crippen LogP contribution is 2.18. The number of hydrogen-bond donors (Lipinski definition) is 1. The molecule has 4 nitrogen and oxygen atoms in total. The van der Waals surface area contributed by atoms with Crippen molar-refractivity contribution in [1.82, 2.24) is 15.5 Å². The standard InChI is InChI=1S/C15H20BrN3O/c1-3-12(17-4-2)10-15-18-14(19-20-15)9-11-7-5-6-8-13(11)16/h5-8,12,17H,3-4,9-10H2,1-2H3. The lowest BCUT2D eigenvalue weighted by Gasteiger charge is -2.12. The second kappa shape index (κ2) is 7.55. The van der Waals surface area contributed by atoms with Crippen LogP contribution in [-0.2, 0) is 12.8 Å². The predicted octanol–water partition coefficient (Wildman–Crippen LogP) is 3.35. The number of nitrogens with one attached hydrogen (secondary N) is 1. The average Bonchev–Trinajstić information content (AvgIpc) is 2.88. The van der Waals surface area contributed by atoms with E-state index in [-0.39, 0.29) is 0 Å². The van der Waals surface area contributed by atoms with E-state index in [0.29, 0.717) is 18.4 Å². The van der Waals surface area contributed by atoms with Gasteiger partial charge >= 0.3 is 0 Å². The van der Waals surface area contributed by atoms with Crippen LogP contribution in [-0.4, -0.2) is 22.7 Å². The molecule has 0 aliphatic rings. The Morgan fingerprint density at radius 3 is 2.80 bits per heavy atom. The Bertz CT molecular complexity index is 541. The quantitative estimate of drug-likeness (QED) is 0.841. The molecule has 0 spiro atoms. The van der Waals surface area contributed by atoms with Gasteiger partial charge in [0.25, 0.3) is 0 Å². The minimum Gasteiger partial charge on any atom is -0.339 e. The van der Waals surface area contributed by atoms with Crippen molar-refractivity contribution < 1.29 is 4.52 Å². The van der Waals surface area contributed by atoms with Crippen LogP contribution in [0.4, 0.5) is 0 Å². The molecule has 0 amide bonds. The molecular formula is C15H20BrN3O. The lowest BCUT2D eigenvalue weighted by atomic mass is 10.1. The summed E-state index contributed by atoms with van der Waals surface area (Å²) < 4.78 is 6.41. The molecule has 2 aromatic rings. The highest BCUT2D eigenvalue weighted by atomic mass is 79.9. The number of halogens is 1. The Hall–Kier alpha value is -1.20. The van der Waals surface area contributed by atoms with Crippen LogP contribution in [0.2, 0.25) is 0 Å². The van der Waals surface area contributed by atoms with E-state index in [1.165, 1.54) is 5.56 Å².